The van der Waals surface area contributed by atoms with Gasteiger partial charge in [-0.1, -0.05) is 6.92 Å². The maximum absolute atomic E-state index is 12.8. The van der Waals surface area contributed by atoms with Gasteiger partial charge in [-0.15, -0.1) is 11.3 Å². The van der Waals surface area contributed by atoms with Crippen LogP contribution in [0.1, 0.15) is 23.8 Å². The quantitative estimate of drug-likeness (QED) is 0.856. The number of sulfonamides is 1. The van der Waals surface area contributed by atoms with Crippen molar-refractivity contribution in [1.29, 1.82) is 0 Å². The molecule has 5 nitrogen and oxygen atoms in total. The molecule has 2 atom stereocenters. The fourth-order valence-corrected chi connectivity index (χ4v) is 6.12. The third kappa shape index (κ3) is 3.84. The lowest BCUT2D eigenvalue weighted by atomic mass is 9.95. The number of hydrogen-bond acceptors (Lipinski definition) is 5. The summed E-state index contributed by atoms with van der Waals surface area (Å²) in [5, 5.41) is 4.96. The Morgan fingerprint density at radius 3 is 2.81 bits per heavy atom. The maximum atomic E-state index is 12.8. The maximum Gasteiger partial charge on any atom is 0.242 e. The molecule has 2 heterocycles. The van der Waals surface area contributed by atoms with E-state index < -0.39 is 10.0 Å². The fraction of sp³-hybridized carbons (Fsp3) is 0.714. The number of piperidine rings is 1. The van der Waals surface area contributed by atoms with E-state index in [2.05, 4.69) is 28.9 Å². The molecule has 0 bridgehead atoms. The van der Waals surface area contributed by atoms with E-state index in [9.17, 15) is 8.42 Å². The van der Waals surface area contributed by atoms with E-state index in [0.717, 1.165) is 30.0 Å². The van der Waals surface area contributed by atoms with Crippen LogP contribution < -0.4 is 10.0 Å². The highest BCUT2D eigenvalue weighted by Crippen LogP contribution is 2.28. The molecule has 1 aromatic heterocycles. The zero-order chi connectivity index (χ0) is 15.6. The molecule has 0 aromatic carbocycles. The van der Waals surface area contributed by atoms with Crippen molar-refractivity contribution in [1.82, 2.24) is 14.9 Å². The van der Waals surface area contributed by atoms with Gasteiger partial charge in [0, 0.05) is 24.0 Å². The van der Waals surface area contributed by atoms with E-state index in [1.165, 1.54) is 11.3 Å². The number of nitrogens with zero attached hydrogens (tertiary/aromatic N) is 1. The fourth-order valence-electron chi connectivity index (χ4n) is 2.92. The Kier molecular flexibility index (Phi) is 5.43. The second-order valence-corrected chi connectivity index (χ2v) is 8.57. The lowest BCUT2D eigenvalue weighted by Crippen LogP contribution is -2.48. The Balaban J connectivity index is 2.21. The summed E-state index contributed by atoms with van der Waals surface area (Å²) in [6.45, 7) is 6.42. The van der Waals surface area contributed by atoms with Gasteiger partial charge in [0.2, 0.25) is 10.0 Å². The van der Waals surface area contributed by atoms with E-state index >= 15 is 0 Å². The first-order valence-corrected chi connectivity index (χ1v) is 9.64. The molecular formula is C14H25N3O2S2. The first kappa shape index (κ1) is 16.9. The summed E-state index contributed by atoms with van der Waals surface area (Å²) in [5.41, 5.74) is 0.832. The minimum absolute atomic E-state index is 0.0212. The monoisotopic (exact) mass is 331 g/mol. The van der Waals surface area contributed by atoms with E-state index in [4.69, 9.17) is 0 Å². The van der Waals surface area contributed by atoms with Gasteiger partial charge in [0.1, 0.15) is 4.90 Å². The number of nitrogens with one attached hydrogen (secondary N) is 2. The van der Waals surface area contributed by atoms with Crippen LogP contribution in [-0.4, -0.2) is 46.5 Å². The van der Waals surface area contributed by atoms with E-state index in [-0.39, 0.29) is 6.04 Å². The molecule has 1 fully saturated rings. The van der Waals surface area contributed by atoms with Crippen molar-refractivity contribution in [3.8, 4) is 0 Å². The van der Waals surface area contributed by atoms with Crippen LogP contribution in [0.3, 0.4) is 0 Å². The van der Waals surface area contributed by atoms with Gasteiger partial charge in [-0.2, -0.15) is 0 Å². The standard InChI is InChI=1S/C14H25N3O2S2/c1-10-8-17(4)6-5-12(10)16-21(18,19)14-11(2)9-20-13(14)7-15-3/h9-10,12,15-16H,5-8H2,1-4H3. The van der Waals surface area contributed by atoms with Gasteiger partial charge in [-0.25, -0.2) is 13.1 Å². The van der Waals surface area contributed by atoms with Gasteiger partial charge in [-0.05, 0) is 50.8 Å². The molecule has 2 rings (SSSR count). The van der Waals surface area contributed by atoms with Gasteiger partial charge in [0.15, 0.2) is 0 Å². The summed E-state index contributed by atoms with van der Waals surface area (Å²) in [5.74, 6) is 0.324. The lowest BCUT2D eigenvalue weighted by molar-refractivity contribution is 0.188. The molecule has 120 valence electrons. The van der Waals surface area contributed by atoms with Crippen molar-refractivity contribution < 1.29 is 8.42 Å². The van der Waals surface area contributed by atoms with Gasteiger partial charge in [0.05, 0.1) is 0 Å². The molecule has 1 aliphatic heterocycles. The molecule has 0 saturated carbocycles. The predicted molar refractivity (Wildman–Crippen MR) is 87.2 cm³/mol. The topological polar surface area (TPSA) is 61.4 Å². The van der Waals surface area contributed by atoms with Gasteiger partial charge in [-0.3, -0.25) is 0 Å². The summed E-state index contributed by atoms with van der Waals surface area (Å²) >= 11 is 1.50. The Labute approximate surface area is 131 Å². The van der Waals surface area contributed by atoms with E-state index in [0.29, 0.717) is 17.4 Å². The van der Waals surface area contributed by atoms with Crippen molar-refractivity contribution >= 4 is 21.4 Å². The van der Waals surface area contributed by atoms with Crippen molar-refractivity contribution in [2.45, 2.75) is 37.8 Å². The first-order chi connectivity index (χ1) is 9.85. The van der Waals surface area contributed by atoms with E-state index in [1.807, 2.05) is 19.4 Å². The average molecular weight is 332 g/mol. The highest BCUT2D eigenvalue weighted by molar-refractivity contribution is 7.89. The van der Waals surface area contributed by atoms with Crippen LogP contribution >= 0.6 is 11.3 Å². The molecule has 1 aromatic rings. The molecule has 1 saturated heterocycles. The molecule has 0 radical (unpaired) electrons. The summed E-state index contributed by atoms with van der Waals surface area (Å²) in [6.07, 6.45) is 0.863. The van der Waals surface area contributed by atoms with Gasteiger partial charge in [0.25, 0.3) is 0 Å². The van der Waals surface area contributed by atoms with Crippen LogP contribution in [0.5, 0.6) is 0 Å². The first-order valence-electron chi connectivity index (χ1n) is 7.27. The normalized spacial score (nSPS) is 24.4. The zero-order valence-corrected chi connectivity index (χ0v) is 14.8. The summed E-state index contributed by atoms with van der Waals surface area (Å²) in [7, 11) is 0.461. The Morgan fingerprint density at radius 2 is 2.19 bits per heavy atom. The molecule has 21 heavy (non-hydrogen) atoms. The molecular weight excluding hydrogens is 306 g/mol. The third-order valence-electron chi connectivity index (χ3n) is 4.01. The van der Waals surface area contributed by atoms with Crippen LogP contribution in [0.4, 0.5) is 0 Å². The molecule has 2 unspecified atom stereocenters. The summed E-state index contributed by atoms with van der Waals surface area (Å²) < 4.78 is 28.5. The van der Waals surface area contributed by atoms with Crippen LogP contribution in [-0.2, 0) is 16.6 Å². The van der Waals surface area contributed by atoms with E-state index in [1.54, 1.807) is 0 Å². The highest BCUT2D eigenvalue weighted by Gasteiger charge is 2.31. The van der Waals surface area contributed by atoms with Crippen LogP contribution in [0.15, 0.2) is 10.3 Å². The van der Waals surface area contributed by atoms with Crippen molar-refractivity contribution in [2.24, 2.45) is 5.92 Å². The average Bonchev–Trinajstić information content (AvgIpc) is 2.75. The van der Waals surface area contributed by atoms with Crippen molar-refractivity contribution in [2.75, 3.05) is 27.2 Å². The summed E-state index contributed by atoms with van der Waals surface area (Å²) in [6, 6.07) is 0.0212. The number of thiophene rings is 1. The third-order valence-corrected chi connectivity index (χ3v) is 6.96. The smallest absolute Gasteiger partial charge is 0.242 e. The van der Waals surface area contributed by atoms with Crippen molar-refractivity contribution in [3.05, 3.63) is 15.8 Å². The Bertz CT molecular complexity index is 583. The largest absolute Gasteiger partial charge is 0.315 e. The second-order valence-electron chi connectivity index (χ2n) is 5.96. The summed E-state index contributed by atoms with van der Waals surface area (Å²) in [4.78, 5) is 3.59. The minimum Gasteiger partial charge on any atom is -0.315 e. The van der Waals surface area contributed by atoms with Crippen molar-refractivity contribution in [3.63, 3.8) is 0 Å². The zero-order valence-electron chi connectivity index (χ0n) is 13.1. The van der Waals surface area contributed by atoms with Crippen LogP contribution in [0.25, 0.3) is 0 Å². The van der Waals surface area contributed by atoms with Gasteiger partial charge >= 0.3 is 0 Å². The molecule has 2 N–H and O–H groups in total. The number of likely N-dealkylation sites (tertiary alicyclic amines) is 1. The lowest BCUT2D eigenvalue weighted by Gasteiger charge is -2.35. The predicted octanol–water partition coefficient (Wildman–Crippen LogP) is 1.39. The Hall–Kier alpha value is -0.470. The molecule has 7 heteroatoms. The van der Waals surface area contributed by atoms with Crippen LogP contribution in [0.2, 0.25) is 0 Å². The van der Waals surface area contributed by atoms with Gasteiger partial charge < -0.3 is 10.2 Å². The highest BCUT2D eigenvalue weighted by atomic mass is 32.2. The number of aryl methyl sites for hydroxylation is 1. The molecule has 0 amide bonds. The second kappa shape index (κ2) is 6.75. The minimum atomic E-state index is -3.45. The Morgan fingerprint density at radius 1 is 1.48 bits per heavy atom. The van der Waals surface area contributed by atoms with Crippen LogP contribution in [0, 0.1) is 12.8 Å². The SMILES string of the molecule is CNCc1scc(C)c1S(=O)(=O)NC1CCN(C)CC1C. The molecule has 0 spiro atoms. The molecule has 0 aliphatic carbocycles. The molecule has 1 aliphatic rings. The number of hydrogen-bond donors (Lipinski definition) is 2. The number of rotatable bonds is 5.